The van der Waals surface area contributed by atoms with Gasteiger partial charge in [-0.15, -0.1) is 10.2 Å². The average molecular weight is 419 g/mol. The van der Waals surface area contributed by atoms with Gasteiger partial charge in [-0.3, -0.25) is 0 Å². The summed E-state index contributed by atoms with van der Waals surface area (Å²) in [7, 11) is 1.64. The van der Waals surface area contributed by atoms with Crippen molar-refractivity contribution in [2.45, 2.75) is 26.2 Å². The molecule has 1 aliphatic rings. The van der Waals surface area contributed by atoms with E-state index in [2.05, 4.69) is 20.3 Å². The number of benzene rings is 1. The second-order valence-corrected chi connectivity index (χ2v) is 7.23. The van der Waals surface area contributed by atoms with Gasteiger partial charge in [0.15, 0.2) is 22.5 Å². The Kier molecular flexibility index (Phi) is 7.93. The maximum absolute atomic E-state index is 5.98. The molecule has 0 saturated carbocycles. The fourth-order valence-corrected chi connectivity index (χ4v) is 3.42. The number of aromatic nitrogens is 2. The van der Waals surface area contributed by atoms with Crippen LogP contribution in [0.15, 0.2) is 35.5 Å². The number of hydrogen-bond donors (Lipinski definition) is 0. The number of oxime groups is 1. The van der Waals surface area contributed by atoms with E-state index in [9.17, 15) is 0 Å². The molecule has 0 amide bonds. The third-order valence-corrected chi connectivity index (χ3v) is 5.13. The van der Waals surface area contributed by atoms with E-state index in [-0.39, 0.29) is 0 Å². The van der Waals surface area contributed by atoms with E-state index in [1.165, 1.54) is 0 Å². The van der Waals surface area contributed by atoms with Crippen molar-refractivity contribution in [3.63, 3.8) is 0 Å². The topological polar surface area (TPSA) is 69.1 Å². The van der Waals surface area contributed by atoms with Crippen molar-refractivity contribution in [2.75, 3.05) is 38.3 Å². The average Bonchev–Trinajstić information content (AvgIpc) is 2.76. The number of ether oxygens (including phenoxy) is 2. The van der Waals surface area contributed by atoms with Crippen LogP contribution in [0, 0.1) is 5.92 Å². The molecule has 0 N–H and O–H groups in total. The summed E-state index contributed by atoms with van der Waals surface area (Å²) in [5.41, 5.74) is 0.903. The summed E-state index contributed by atoms with van der Waals surface area (Å²) in [4.78, 5) is 7.25. The van der Waals surface area contributed by atoms with Crippen LogP contribution in [0.2, 0.25) is 5.15 Å². The van der Waals surface area contributed by atoms with Gasteiger partial charge < -0.3 is 19.2 Å². The molecule has 1 saturated heterocycles. The molecule has 0 unspecified atom stereocenters. The summed E-state index contributed by atoms with van der Waals surface area (Å²) < 4.78 is 11.4. The van der Waals surface area contributed by atoms with E-state index in [1.807, 2.05) is 31.2 Å². The second-order valence-electron chi connectivity index (χ2n) is 6.84. The molecule has 0 aliphatic carbocycles. The molecule has 1 fully saturated rings. The van der Waals surface area contributed by atoms with Gasteiger partial charge in [0, 0.05) is 18.7 Å². The highest BCUT2D eigenvalue weighted by Crippen LogP contribution is 2.29. The molecule has 3 rings (SSSR count). The predicted molar refractivity (Wildman–Crippen MR) is 114 cm³/mol. The first-order valence-corrected chi connectivity index (χ1v) is 10.3. The number of methoxy groups -OCH3 is 1. The summed E-state index contributed by atoms with van der Waals surface area (Å²) in [6.07, 6.45) is 4.89. The van der Waals surface area contributed by atoms with Gasteiger partial charge in [-0.25, -0.2) is 0 Å². The SMILES string of the molecule is CCO/N=C/c1ccc(OCCC2CCN(c3ccc(Cl)nn3)CC2)c(OC)c1. The molecule has 0 spiro atoms. The summed E-state index contributed by atoms with van der Waals surface area (Å²) >= 11 is 5.81. The third kappa shape index (κ3) is 6.22. The van der Waals surface area contributed by atoms with E-state index in [1.54, 1.807) is 19.4 Å². The molecular formula is C21H27ClN4O3. The van der Waals surface area contributed by atoms with Crippen LogP contribution in [-0.4, -0.2) is 49.8 Å². The minimum atomic E-state index is 0.422. The van der Waals surface area contributed by atoms with Gasteiger partial charge in [0.05, 0.1) is 19.9 Å². The van der Waals surface area contributed by atoms with E-state index in [4.69, 9.17) is 25.9 Å². The first-order chi connectivity index (χ1) is 14.2. The van der Waals surface area contributed by atoms with Gasteiger partial charge in [-0.2, -0.15) is 0 Å². The number of hydrogen-bond acceptors (Lipinski definition) is 7. The zero-order valence-corrected chi connectivity index (χ0v) is 17.6. The van der Waals surface area contributed by atoms with Crippen LogP contribution in [0.4, 0.5) is 5.82 Å². The summed E-state index contributed by atoms with van der Waals surface area (Å²) in [6, 6.07) is 9.45. The number of nitrogens with zero attached hydrogens (tertiary/aromatic N) is 4. The lowest BCUT2D eigenvalue weighted by Gasteiger charge is -2.32. The fraction of sp³-hybridized carbons (Fsp3) is 0.476. The lowest BCUT2D eigenvalue weighted by molar-refractivity contribution is 0.160. The highest BCUT2D eigenvalue weighted by molar-refractivity contribution is 6.29. The monoisotopic (exact) mass is 418 g/mol. The number of piperidine rings is 1. The largest absolute Gasteiger partial charge is 0.493 e. The van der Waals surface area contributed by atoms with Gasteiger partial charge in [0.1, 0.15) is 6.61 Å². The third-order valence-electron chi connectivity index (χ3n) is 4.93. The Labute approximate surface area is 176 Å². The van der Waals surface area contributed by atoms with Crippen LogP contribution in [0.1, 0.15) is 31.7 Å². The lowest BCUT2D eigenvalue weighted by Crippen LogP contribution is -2.34. The molecule has 0 atom stereocenters. The zero-order valence-electron chi connectivity index (χ0n) is 16.9. The Bertz CT molecular complexity index is 793. The van der Waals surface area contributed by atoms with E-state index in [0.29, 0.717) is 30.0 Å². The van der Waals surface area contributed by atoms with Gasteiger partial charge >= 0.3 is 0 Å². The minimum Gasteiger partial charge on any atom is -0.493 e. The molecule has 1 aromatic heterocycles. The van der Waals surface area contributed by atoms with Gasteiger partial charge in [0.2, 0.25) is 0 Å². The maximum Gasteiger partial charge on any atom is 0.161 e. The first-order valence-electron chi connectivity index (χ1n) is 9.90. The summed E-state index contributed by atoms with van der Waals surface area (Å²) in [6.45, 7) is 5.04. The first kappa shape index (κ1) is 21.2. The number of anilines is 1. The van der Waals surface area contributed by atoms with Crippen LogP contribution >= 0.6 is 11.6 Å². The predicted octanol–water partition coefficient (Wildman–Crippen LogP) is 4.19. The number of halogens is 1. The lowest BCUT2D eigenvalue weighted by atomic mass is 9.94. The zero-order chi connectivity index (χ0) is 20.5. The smallest absolute Gasteiger partial charge is 0.161 e. The van der Waals surface area contributed by atoms with Crippen LogP contribution in [0.5, 0.6) is 11.5 Å². The van der Waals surface area contributed by atoms with E-state index >= 15 is 0 Å². The molecule has 1 aliphatic heterocycles. The van der Waals surface area contributed by atoms with Gasteiger partial charge in [-0.05, 0) is 62.4 Å². The molecule has 0 bridgehead atoms. The van der Waals surface area contributed by atoms with Crippen LogP contribution in [-0.2, 0) is 4.84 Å². The molecule has 29 heavy (non-hydrogen) atoms. The van der Waals surface area contributed by atoms with Crippen molar-refractivity contribution in [2.24, 2.45) is 11.1 Å². The van der Waals surface area contributed by atoms with Crippen molar-refractivity contribution in [1.29, 1.82) is 0 Å². The highest BCUT2D eigenvalue weighted by Gasteiger charge is 2.20. The van der Waals surface area contributed by atoms with Crippen molar-refractivity contribution < 1.29 is 14.3 Å². The second kappa shape index (κ2) is 10.9. The molecule has 1 aromatic carbocycles. The minimum absolute atomic E-state index is 0.422. The van der Waals surface area contributed by atoms with Crippen molar-refractivity contribution in [1.82, 2.24) is 10.2 Å². The Hall–Kier alpha value is -2.54. The van der Waals surface area contributed by atoms with E-state index in [0.717, 1.165) is 49.5 Å². The van der Waals surface area contributed by atoms with Crippen molar-refractivity contribution in [3.05, 3.63) is 41.0 Å². The molecule has 8 heteroatoms. The van der Waals surface area contributed by atoms with Crippen molar-refractivity contribution in [3.8, 4) is 11.5 Å². The normalized spacial score (nSPS) is 14.9. The van der Waals surface area contributed by atoms with Gasteiger partial charge in [0.25, 0.3) is 0 Å². The maximum atomic E-state index is 5.98. The quantitative estimate of drug-likeness (QED) is 0.449. The molecule has 156 valence electrons. The molecule has 7 nitrogen and oxygen atoms in total. The molecule has 2 heterocycles. The molecule has 0 radical (unpaired) electrons. The Morgan fingerprint density at radius 2 is 2.00 bits per heavy atom. The fourth-order valence-electron chi connectivity index (χ4n) is 3.32. The summed E-state index contributed by atoms with van der Waals surface area (Å²) in [5.74, 6) is 2.97. The standard InChI is InChI=1S/C21H27ClN4O3/c1-3-29-23-15-17-4-5-18(19(14-17)27-2)28-13-10-16-8-11-26(12-9-16)21-7-6-20(22)24-25-21/h4-7,14-16H,3,8-13H2,1-2H3/b23-15+. The van der Waals surface area contributed by atoms with Crippen molar-refractivity contribution >= 4 is 23.6 Å². The Morgan fingerprint density at radius 1 is 1.17 bits per heavy atom. The molecule has 2 aromatic rings. The highest BCUT2D eigenvalue weighted by atomic mass is 35.5. The van der Waals surface area contributed by atoms with Crippen LogP contribution < -0.4 is 14.4 Å². The number of rotatable bonds is 9. The van der Waals surface area contributed by atoms with Crippen LogP contribution in [0.25, 0.3) is 0 Å². The van der Waals surface area contributed by atoms with Crippen LogP contribution in [0.3, 0.4) is 0 Å². The Balaban J connectivity index is 1.45. The van der Waals surface area contributed by atoms with E-state index < -0.39 is 0 Å². The van der Waals surface area contributed by atoms with Gasteiger partial charge in [-0.1, -0.05) is 16.8 Å². The Morgan fingerprint density at radius 3 is 2.69 bits per heavy atom. The summed E-state index contributed by atoms with van der Waals surface area (Å²) in [5, 5.41) is 12.4. The molecular weight excluding hydrogens is 392 g/mol.